The molecule has 1 atom stereocenters. The van der Waals surface area contributed by atoms with Crippen molar-refractivity contribution in [3.05, 3.63) is 64.8 Å². The van der Waals surface area contributed by atoms with Gasteiger partial charge in [0.1, 0.15) is 23.1 Å². The van der Waals surface area contributed by atoms with Crippen molar-refractivity contribution in [1.29, 1.82) is 0 Å². The number of halogens is 4. The topological polar surface area (TPSA) is 63.6 Å². The fourth-order valence-electron chi connectivity index (χ4n) is 2.54. The predicted octanol–water partition coefficient (Wildman–Crippen LogP) is 4.10. The predicted molar refractivity (Wildman–Crippen MR) is 91.6 cm³/mol. The Morgan fingerprint density at radius 2 is 1.81 bits per heavy atom. The maximum absolute atomic E-state index is 13.3. The number of hydrogen-bond acceptors (Lipinski definition) is 4. The lowest BCUT2D eigenvalue weighted by molar-refractivity contribution is 0.217. The summed E-state index contributed by atoms with van der Waals surface area (Å²) in [5, 5.41) is 9.40. The lowest BCUT2D eigenvalue weighted by Gasteiger charge is -2.16. The van der Waals surface area contributed by atoms with Crippen LogP contribution in [-0.4, -0.2) is 25.9 Å². The Hall–Kier alpha value is -2.13. The van der Waals surface area contributed by atoms with Gasteiger partial charge in [-0.1, -0.05) is 6.58 Å². The highest BCUT2D eigenvalue weighted by atomic mass is 32.2. The Morgan fingerprint density at radius 1 is 1.19 bits per heavy atom. The fraction of sp³-hybridized carbons (Fsp3) is 0.333. The van der Waals surface area contributed by atoms with Gasteiger partial charge in [-0.3, -0.25) is 0 Å². The van der Waals surface area contributed by atoms with Crippen LogP contribution in [-0.2, 0) is 9.84 Å². The molecule has 0 aromatic heterocycles. The molecule has 148 valence electrons. The van der Waals surface area contributed by atoms with Gasteiger partial charge < -0.3 is 9.84 Å². The summed E-state index contributed by atoms with van der Waals surface area (Å²) in [7, 11) is -4.86. The minimum absolute atomic E-state index is 0.0134. The van der Waals surface area contributed by atoms with Gasteiger partial charge in [-0.25, -0.2) is 17.2 Å². The highest BCUT2D eigenvalue weighted by Crippen LogP contribution is 2.31. The van der Waals surface area contributed by atoms with E-state index in [-0.39, 0.29) is 30.8 Å². The molecule has 0 saturated carbocycles. The van der Waals surface area contributed by atoms with Gasteiger partial charge in [-0.2, -0.15) is 8.78 Å². The summed E-state index contributed by atoms with van der Waals surface area (Å²) in [4.78, 5) is -0.558. The molecular formula is C18H18F4O4S. The molecule has 0 spiro atoms. The van der Waals surface area contributed by atoms with E-state index in [1.807, 2.05) is 0 Å². The average Bonchev–Trinajstić information content (AvgIpc) is 2.65. The summed E-state index contributed by atoms with van der Waals surface area (Å²) in [6.45, 7) is 3.39. The van der Waals surface area contributed by atoms with E-state index in [1.165, 1.54) is 0 Å². The summed E-state index contributed by atoms with van der Waals surface area (Å²) in [5.74, 6) is -6.14. The molecular weight excluding hydrogens is 388 g/mol. The third-order valence-corrected chi connectivity index (χ3v) is 5.54. The molecule has 0 saturated heterocycles. The van der Waals surface area contributed by atoms with E-state index in [9.17, 15) is 31.1 Å². The second-order valence-corrected chi connectivity index (χ2v) is 8.04. The molecule has 27 heavy (non-hydrogen) atoms. The average molecular weight is 406 g/mol. The van der Waals surface area contributed by atoms with Crippen LogP contribution in [0.3, 0.4) is 0 Å². The van der Waals surface area contributed by atoms with E-state index in [4.69, 9.17) is 4.74 Å². The first kappa shape index (κ1) is 21.2. The van der Waals surface area contributed by atoms with Gasteiger partial charge in [0.05, 0.1) is 4.91 Å². The van der Waals surface area contributed by atoms with Crippen LogP contribution >= 0.6 is 0 Å². The van der Waals surface area contributed by atoms with Gasteiger partial charge in [-0.05, 0) is 42.9 Å². The van der Waals surface area contributed by atoms with Crippen molar-refractivity contribution in [2.24, 2.45) is 5.92 Å². The number of aliphatic hydroxyl groups excluding tert-OH is 1. The van der Waals surface area contributed by atoms with Crippen LogP contribution in [0.5, 0.6) is 5.75 Å². The van der Waals surface area contributed by atoms with Crippen LogP contribution in [0.15, 0.2) is 53.2 Å². The molecule has 1 unspecified atom stereocenters. The number of benzene rings is 1. The Kier molecular flexibility index (Phi) is 6.83. The number of aliphatic hydroxyl groups is 1. The van der Waals surface area contributed by atoms with Crippen molar-refractivity contribution in [2.75, 3.05) is 6.61 Å². The highest BCUT2D eigenvalue weighted by Gasteiger charge is 2.31. The van der Waals surface area contributed by atoms with Crippen molar-refractivity contribution in [3.63, 3.8) is 0 Å². The first-order valence-corrected chi connectivity index (χ1v) is 9.54. The molecule has 0 fully saturated rings. The summed E-state index contributed by atoms with van der Waals surface area (Å²) in [5.41, 5.74) is 0.366. The van der Waals surface area contributed by atoms with Gasteiger partial charge in [0, 0.05) is 24.8 Å². The fourth-order valence-corrected chi connectivity index (χ4v) is 3.50. The standard InChI is InChI=1S/C18H18F4O4S/c1-11-2-3-12(10-23)6-16(27(24,25)18(21)22)4-5-17(11)26-15-8-13(19)7-14(20)9-15/h4-5,7-9,12,18,23H,1-3,6,10H2/b16-4+,17-5?. The monoisotopic (exact) mass is 406 g/mol. The molecule has 1 aromatic rings. The summed E-state index contributed by atoms with van der Waals surface area (Å²) in [6, 6.07) is 2.49. The lowest BCUT2D eigenvalue weighted by atomic mass is 9.98. The Labute approximate surface area is 154 Å². The molecule has 1 aliphatic carbocycles. The van der Waals surface area contributed by atoms with Crippen molar-refractivity contribution in [3.8, 4) is 5.75 Å². The Morgan fingerprint density at radius 3 is 2.37 bits per heavy atom. The second-order valence-electron chi connectivity index (χ2n) is 6.07. The van der Waals surface area contributed by atoms with Gasteiger partial charge in [0.2, 0.25) is 9.84 Å². The van der Waals surface area contributed by atoms with E-state index >= 15 is 0 Å². The maximum atomic E-state index is 13.3. The first-order valence-electron chi connectivity index (χ1n) is 7.99. The van der Waals surface area contributed by atoms with E-state index in [1.54, 1.807) is 0 Å². The van der Waals surface area contributed by atoms with Crippen LogP contribution in [0, 0.1) is 17.6 Å². The van der Waals surface area contributed by atoms with Gasteiger partial charge in [0.25, 0.3) is 0 Å². The van der Waals surface area contributed by atoms with Crippen LogP contribution in [0.2, 0.25) is 0 Å². The second kappa shape index (κ2) is 8.71. The number of ether oxygens (including phenoxy) is 1. The summed E-state index contributed by atoms with van der Waals surface area (Å²) >= 11 is 0. The molecule has 1 N–H and O–H groups in total. The zero-order valence-corrected chi connectivity index (χ0v) is 15.0. The molecule has 9 heteroatoms. The molecule has 2 rings (SSSR count). The molecule has 1 aliphatic rings. The molecule has 0 amide bonds. The zero-order chi connectivity index (χ0) is 20.2. The number of rotatable bonds is 5. The Bertz CT molecular complexity index is 855. The number of alkyl halides is 2. The largest absolute Gasteiger partial charge is 0.457 e. The van der Waals surface area contributed by atoms with Gasteiger partial charge in [0.15, 0.2) is 0 Å². The normalized spacial score (nSPS) is 21.0. The molecule has 0 heterocycles. The van der Waals surface area contributed by atoms with Crippen molar-refractivity contribution in [1.82, 2.24) is 0 Å². The summed E-state index contributed by atoms with van der Waals surface area (Å²) in [6.07, 6.45) is 2.34. The summed E-state index contributed by atoms with van der Waals surface area (Å²) < 4.78 is 81.7. The SMILES string of the molecule is C=C1CCC(CO)C/C(S(=O)(=O)C(F)F)=C\C=C1Oc1cc(F)cc(F)c1. The highest BCUT2D eigenvalue weighted by molar-refractivity contribution is 7.95. The van der Waals surface area contributed by atoms with Crippen LogP contribution in [0.25, 0.3) is 0 Å². The molecule has 4 nitrogen and oxygen atoms in total. The van der Waals surface area contributed by atoms with E-state index in [0.717, 1.165) is 24.3 Å². The van der Waals surface area contributed by atoms with Gasteiger partial charge >= 0.3 is 5.76 Å². The number of sulfone groups is 1. The van der Waals surface area contributed by atoms with E-state index < -0.39 is 44.7 Å². The first-order chi connectivity index (χ1) is 12.6. The molecule has 1 aromatic carbocycles. The molecule has 0 radical (unpaired) electrons. The molecule has 0 aliphatic heterocycles. The van der Waals surface area contributed by atoms with Crippen molar-refractivity contribution < 1.29 is 35.8 Å². The van der Waals surface area contributed by atoms with Crippen LogP contribution in [0.1, 0.15) is 19.3 Å². The van der Waals surface area contributed by atoms with Crippen LogP contribution < -0.4 is 4.74 Å². The van der Waals surface area contributed by atoms with Crippen molar-refractivity contribution >= 4 is 9.84 Å². The van der Waals surface area contributed by atoms with E-state index in [2.05, 4.69) is 6.58 Å². The molecule has 0 bridgehead atoms. The van der Waals surface area contributed by atoms with E-state index in [0.29, 0.717) is 11.6 Å². The minimum Gasteiger partial charge on any atom is -0.457 e. The number of allylic oxidation sites excluding steroid dienone is 4. The quantitative estimate of drug-likeness (QED) is 0.748. The Balaban J connectivity index is 2.44. The minimum atomic E-state index is -4.86. The third kappa shape index (κ3) is 5.43. The number of hydrogen-bond donors (Lipinski definition) is 1. The van der Waals surface area contributed by atoms with Crippen molar-refractivity contribution in [2.45, 2.75) is 25.0 Å². The lowest BCUT2D eigenvalue weighted by Crippen LogP contribution is -2.17. The van der Waals surface area contributed by atoms with Crippen LogP contribution in [0.4, 0.5) is 17.6 Å². The van der Waals surface area contributed by atoms with Gasteiger partial charge in [-0.15, -0.1) is 0 Å². The smallest absolute Gasteiger partial charge is 0.340 e. The zero-order valence-electron chi connectivity index (χ0n) is 14.2. The maximum Gasteiger partial charge on any atom is 0.340 e. The third-order valence-electron chi connectivity index (χ3n) is 4.04.